The molecule has 0 radical (unpaired) electrons. The van der Waals surface area contributed by atoms with Crippen molar-refractivity contribution >= 4 is 46.4 Å². The summed E-state index contributed by atoms with van der Waals surface area (Å²) in [5, 5.41) is 3.64. The topological polar surface area (TPSA) is 49.4 Å². The summed E-state index contributed by atoms with van der Waals surface area (Å²) < 4.78 is 0. The standard InChI is InChI=1S/C17H16Cl2N2O2/c1-12(22)21(16-8-7-13(18)11-15(16)19)10-9-17(23)20-14-5-3-2-4-6-14/h2-8,11H,9-10H2,1H3,(H,20,23). The van der Waals surface area contributed by atoms with E-state index >= 15 is 0 Å². The summed E-state index contributed by atoms with van der Waals surface area (Å²) in [5.74, 6) is -0.366. The maximum atomic E-state index is 12.0. The Morgan fingerprint density at radius 3 is 2.39 bits per heavy atom. The predicted octanol–water partition coefficient (Wildman–Crippen LogP) is 4.38. The van der Waals surface area contributed by atoms with Crippen molar-refractivity contribution in [3.63, 3.8) is 0 Å². The maximum Gasteiger partial charge on any atom is 0.226 e. The second kappa shape index (κ2) is 7.99. The number of nitrogens with zero attached hydrogens (tertiary/aromatic N) is 1. The molecule has 4 nitrogen and oxygen atoms in total. The lowest BCUT2D eigenvalue weighted by atomic mass is 10.2. The van der Waals surface area contributed by atoms with Gasteiger partial charge in [-0.05, 0) is 30.3 Å². The Hall–Kier alpha value is -2.04. The number of carbonyl (C=O) groups excluding carboxylic acids is 2. The number of para-hydroxylation sites is 1. The molecule has 0 aromatic heterocycles. The number of carbonyl (C=O) groups is 2. The molecule has 2 aromatic rings. The minimum atomic E-state index is -0.193. The molecule has 6 heteroatoms. The van der Waals surface area contributed by atoms with E-state index in [1.54, 1.807) is 30.3 Å². The van der Waals surface area contributed by atoms with Gasteiger partial charge in [0.25, 0.3) is 0 Å². The van der Waals surface area contributed by atoms with Crippen LogP contribution >= 0.6 is 23.2 Å². The monoisotopic (exact) mass is 350 g/mol. The van der Waals surface area contributed by atoms with E-state index in [0.717, 1.165) is 5.69 Å². The summed E-state index contributed by atoms with van der Waals surface area (Å²) in [6.07, 6.45) is 0.160. The fourth-order valence-electron chi connectivity index (χ4n) is 2.11. The van der Waals surface area contributed by atoms with Crippen molar-refractivity contribution in [1.29, 1.82) is 0 Å². The Bertz CT molecular complexity index is 705. The molecule has 0 aliphatic carbocycles. The second-order valence-corrected chi connectivity index (χ2v) is 5.77. The van der Waals surface area contributed by atoms with Crippen LogP contribution in [-0.4, -0.2) is 18.4 Å². The molecule has 0 unspecified atom stereocenters. The highest BCUT2D eigenvalue weighted by Crippen LogP contribution is 2.29. The molecule has 0 atom stereocenters. The highest BCUT2D eigenvalue weighted by atomic mass is 35.5. The Morgan fingerprint density at radius 2 is 1.78 bits per heavy atom. The fraction of sp³-hybridized carbons (Fsp3) is 0.176. The SMILES string of the molecule is CC(=O)N(CCC(=O)Nc1ccccc1)c1ccc(Cl)cc1Cl. The third kappa shape index (κ3) is 4.98. The second-order valence-electron chi connectivity index (χ2n) is 4.93. The molecule has 1 N–H and O–H groups in total. The zero-order valence-electron chi connectivity index (χ0n) is 12.6. The number of nitrogens with one attached hydrogen (secondary N) is 1. The Balaban J connectivity index is 2.03. The molecule has 0 saturated carbocycles. The van der Waals surface area contributed by atoms with Crippen LogP contribution in [0, 0.1) is 0 Å². The van der Waals surface area contributed by atoms with Gasteiger partial charge < -0.3 is 10.2 Å². The summed E-state index contributed by atoms with van der Waals surface area (Å²) >= 11 is 12.0. The van der Waals surface area contributed by atoms with Crippen LogP contribution in [0.5, 0.6) is 0 Å². The van der Waals surface area contributed by atoms with Gasteiger partial charge in [-0.1, -0.05) is 41.4 Å². The molecule has 0 spiro atoms. The van der Waals surface area contributed by atoms with Gasteiger partial charge in [0.15, 0.2) is 0 Å². The number of hydrogen-bond donors (Lipinski definition) is 1. The van der Waals surface area contributed by atoms with Gasteiger partial charge in [0.05, 0.1) is 10.7 Å². The van der Waals surface area contributed by atoms with Crippen molar-refractivity contribution in [2.45, 2.75) is 13.3 Å². The molecule has 0 aliphatic heterocycles. The highest BCUT2D eigenvalue weighted by Gasteiger charge is 2.16. The quantitative estimate of drug-likeness (QED) is 0.869. The molecular formula is C17H16Cl2N2O2. The van der Waals surface area contributed by atoms with Crippen LogP contribution in [0.2, 0.25) is 10.0 Å². The normalized spacial score (nSPS) is 10.2. The van der Waals surface area contributed by atoms with Crippen molar-refractivity contribution in [2.75, 3.05) is 16.8 Å². The van der Waals surface area contributed by atoms with Crippen LogP contribution in [0.3, 0.4) is 0 Å². The average molecular weight is 351 g/mol. The number of halogens is 2. The molecule has 0 fully saturated rings. The van der Waals surface area contributed by atoms with Crippen molar-refractivity contribution in [2.24, 2.45) is 0 Å². The average Bonchev–Trinajstić information content (AvgIpc) is 2.50. The Kier molecular flexibility index (Phi) is 6.02. The molecule has 2 rings (SSSR count). The van der Waals surface area contributed by atoms with Gasteiger partial charge in [-0.15, -0.1) is 0 Å². The van der Waals surface area contributed by atoms with Crippen molar-refractivity contribution < 1.29 is 9.59 Å². The van der Waals surface area contributed by atoms with Crippen LogP contribution in [0.1, 0.15) is 13.3 Å². The van der Waals surface area contributed by atoms with Crippen LogP contribution in [0.15, 0.2) is 48.5 Å². The van der Waals surface area contributed by atoms with E-state index in [2.05, 4.69) is 5.32 Å². The predicted molar refractivity (Wildman–Crippen MR) is 94.2 cm³/mol. The first-order valence-corrected chi connectivity index (χ1v) is 7.81. The first kappa shape index (κ1) is 17.3. The number of anilines is 2. The third-order valence-electron chi connectivity index (χ3n) is 3.20. The van der Waals surface area contributed by atoms with Gasteiger partial charge in [0, 0.05) is 30.6 Å². The Morgan fingerprint density at radius 1 is 1.09 bits per heavy atom. The van der Waals surface area contributed by atoms with E-state index in [-0.39, 0.29) is 24.8 Å². The minimum Gasteiger partial charge on any atom is -0.326 e. The molecule has 23 heavy (non-hydrogen) atoms. The summed E-state index contributed by atoms with van der Waals surface area (Å²) in [6, 6.07) is 14.0. The summed E-state index contributed by atoms with van der Waals surface area (Å²) in [7, 11) is 0. The number of hydrogen-bond acceptors (Lipinski definition) is 2. The fourth-order valence-corrected chi connectivity index (χ4v) is 2.62. The lowest BCUT2D eigenvalue weighted by Gasteiger charge is -2.22. The van der Waals surface area contributed by atoms with Gasteiger partial charge in [0.2, 0.25) is 11.8 Å². The molecular weight excluding hydrogens is 335 g/mol. The molecule has 0 heterocycles. The van der Waals surface area contributed by atoms with Gasteiger partial charge in [-0.3, -0.25) is 9.59 Å². The van der Waals surface area contributed by atoms with Gasteiger partial charge >= 0.3 is 0 Å². The molecule has 0 bridgehead atoms. The highest BCUT2D eigenvalue weighted by molar-refractivity contribution is 6.36. The lowest BCUT2D eigenvalue weighted by Crippen LogP contribution is -2.32. The van der Waals surface area contributed by atoms with E-state index in [9.17, 15) is 9.59 Å². The summed E-state index contributed by atoms with van der Waals surface area (Å²) in [6.45, 7) is 1.66. The van der Waals surface area contributed by atoms with E-state index < -0.39 is 0 Å². The van der Waals surface area contributed by atoms with Crippen molar-refractivity contribution in [1.82, 2.24) is 0 Å². The van der Waals surface area contributed by atoms with Gasteiger partial charge in [-0.25, -0.2) is 0 Å². The Labute approximate surface area is 145 Å². The van der Waals surface area contributed by atoms with Crippen LogP contribution in [-0.2, 0) is 9.59 Å². The van der Waals surface area contributed by atoms with E-state index in [4.69, 9.17) is 23.2 Å². The van der Waals surface area contributed by atoms with Gasteiger partial charge in [0.1, 0.15) is 0 Å². The van der Waals surface area contributed by atoms with Crippen LogP contribution < -0.4 is 10.2 Å². The van der Waals surface area contributed by atoms with E-state index in [1.807, 2.05) is 18.2 Å². The van der Waals surface area contributed by atoms with Gasteiger partial charge in [-0.2, -0.15) is 0 Å². The summed E-state index contributed by atoms with van der Waals surface area (Å²) in [4.78, 5) is 25.3. The number of rotatable bonds is 5. The third-order valence-corrected chi connectivity index (χ3v) is 3.74. The molecule has 120 valence electrons. The largest absolute Gasteiger partial charge is 0.326 e. The van der Waals surface area contributed by atoms with E-state index in [1.165, 1.54) is 11.8 Å². The zero-order valence-corrected chi connectivity index (χ0v) is 14.1. The lowest BCUT2D eigenvalue weighted by molar-refractivity contribution is -0.117. The maximum absolute atomic E-state index is 12.0. The first-order valence-electron chi connectivity index (χ1n) is 7.05. The van der Waals surface area contributed by atoms with Crippen LogP contribution in [0.25, 0.3) is 0 Å². The number of benzene rings is 2. The molecule has 2 amide bonds. The van der Waals surface area contributed by atoms with Crippen LogP contribution in [0.4, 0.5) is 11.4 Å². The van der Waals surface area contributed by atoms with Crippen molar-refractivity contribution in [3.05, 3.63) is 58.6 Å². The zero-order chi connectivity index (χ0) is 16.8. The number of amides is 2. The van der Waals surface area contributed by atoms with E-state index in [0.29, 0.717) is 15.7 Å². The van der Waals surface area contributed by atoms with Crippen molar-refractivity contribution in [3.8, 4) is 0 Å². The molecule has 2 aromatic carbocycles. The smallest absolute Gasteiger partial charge is 0.226 e. The molecule has 0 aliphatic rings. The summed E-state index contributed by atoms with van der Waals surface area (Å²) in [5.41, 5.74) is 1.26. The molecule has 0 saturated heterocycles. The first-order chi connectivity index (χ1) is 11.0. The minimum absolute atomic E-state index is 0.160.